The highest BCUT2D eigenvalue weighted by Crippen LogP contribution is 2.31. The van der Waals surface area contributed by atoms with Crippen LogP contribution in [0.2, 0.25) is 0 Å². The van der Waals surface area contributed by atoms with Crippen LogP contribution >= 0.6 is 11.8 Å². The van der Waals surface area contributed by atoms with Crippen molar-refractivity contribution in [3.8, 4) is 0 Å². The summed E-state index contributed by atoms with van der Waals surface area (Å²) >= 11 is 1.82. The monoisotopic (exact) mass is 257 g/mol. The fourth-order valence-corrected chi connectivity index (χ4v) is 3.04. The highest BCUT2D eigenvalue weighted by molar-refractivity contribution is 7.99. The average Bonchev–Trinajstić information content (AvgIpc) is 2.33. The zero-order valence-corrected chi connectivity index (χ0v) is 11.8. The van der Waals surface area contributed by atoms with E-state index in [1.54, 1.807) is 0 Å². The minimum Gasteiger partial charge on any atom is -0.330 e. The van der Waals surface area contributed by atoms with Gasteiger partial charge in [0.2, 0.25) is 0 Å². The van der Waals surface area contributed by atoms with E-state index in [-0.39, 0.29) is 0 Å². The summed E-state index contributed by atoms with van der Waals surface area (Å²) in [4.78, 5) is 2.61. The zero-order valence-electron chi connectivity index (χ0n) is 10.9. The number of aryl methyl sites for hydroxylation is 2. The van der Waals surface area contributed by atoms with Gasteiger partial charge < -0.3 is 5.73 Å². The molecule has 2 aromatic carbocycles. The van der Waals surface area contributed by atoms with Gasteiger partial charge in [0.15, 0.2) is 0 Å². The van der Waals surface area contributed by atoms with Gasteiger partial charge in [-0.1, -0.05) is 47.2 Å². The molecule has 0 fully saturated rings. The van der Waals surface area contributed by atoms with Gasteiger partial charge in [0.05, 0.1) is 0 Å². The Balaban J connectivity index is 2.28. The van der Waals surface area contributed by atoms with Crippen LogP contribution in [0, 0.1) is 13.8 Å². The van der Waals surface area contributed by atoms with Crippen molar-refractivity contribution < 1.29 is 0 Å². The molecule has 18 heavy (non-hydrogen) atoms. The highest BCUT2D eigenvalue weighted by atomic mass is 32.2. The summed E-state index contributed by atoms with van der Waals surface area (Å²) in [6, 6.07) is 15.2. The van der Waals surface area contributed by atoms with E-state index in [1.807, 2.05) is 11.8 Å². The smallest absolute Gasteiger partial charge is 0.0155 e. The van der Waals surface area contributed by atoms with E-state index in [4.69, 9.17) is 5.73 Å². The van der Waals surface area contributed by atoms with Crippen molar-refractivity contribution in [2.45, 2.75) is 30.1 Å². The van der Waals surface area contributed by atoms with Crippen LogP contribution in [0.3, 0.4) is 0 Å². The Kier molecular flexibility index (Phi) is 4.45. The molecule has 0 saturated carbocycles. The summed E-state index contributed by atoms with van der Waals surface area (Å²) < 4.78 is 0. The third-order valence-corrected chi connectivity index (χ3v) is 3.95. The van der Waals surface area contributed by atoms with Gasteiger partial charge in [-0.2, -0.15) is 0 Å². The molecule has 0 aliphatic carbocycles. The summed E-state index contributed by atoms with van der Waals surface area (Å²) in [7, 11) is 0. The van der Waals surface area contributed by atoms with Gasteiger partial charge in [-0.25, -0.2) is 0 Å². The number of rotatable bonds is 4. The second-order valence-electron chi connectivity index (χ2n) is 4.57. The van der Waals surface area contributed by atoms with Gasteiger partial charge in [0.25, 0.3) is 0 Å². The van der Waals surface area contributed by atoms with Gasteiger partial charge in [0, 0.05) is 9.79 Å². The molecule has 2 aromatic rings. The van der Waals surface area contributed by atoms with Crippen molar-refractivity contribution in [3.05, 3.63) is 59.2 Å². The molecular formula is C16H19NS. The molecule has 2 rings (SSSR count). The normalized spacial score (nSPS) is 10.6. The molecule has 0 aliphatic rings. The van der Waals surface area contributed by atoms with Crippen LogP contribution in [0.4, 0.5) is 0 Å². The largest absolute Gasteiger partial charge is 0.330 e. The molecule has 0 amide bonds. The molecule has 94 valence electrons. The van der Waals surface area contributed by atoms with Gasteiger partial charge in [-0.05, 0) is 50.6 Å². The van der Waals surface area contributed by atoms with Crippen molar-refractivity contribution >= 4 is 11.8 Å². The average molecular weight is 257 g/mol. The molecular weight excluding hydrogens is 238 g/mol. The molecule has 0 radical (unpaired) electrons. The summed E-state index contributed by atoms with van der Waals surface area (Å²) in [6.07, 6.45) is 0.940. The number of hydrogen-bond acceptors (Lipinski definition) is 2. The first-order chi connectivity index (χ1) is 8.69. The molecule has 0 spiro atoms. The summed E-state index contributed by atoms with van der Waals surface area (Å²) in [6.45, 7) is 4.95. The van der Waals surface area contributed by atoms with E-state index in [0.29, 0.717) is 6.54 Å². The third kappa shape index (κ3) is 3.37. The topological polar surface area (TPSA) is 26.0 Å². The van der Waals surface area contributed by atoms with E-state index in [1.165, 1.54) is 26.5 Å². The molecule has 1 nitrogen and oxygen atoms in total. The Morgan fingerprint density at radius 3 is 2.50 bits per heavy atom. The van der Waals surface area contributed by atoms with Gasteiger partial charge in [0.1, 0.15) is 0 Å². The number of benzene rings is 2. The van der Waals surface area contributed by atoms with Crippen molar-refractivity contribution in [1.29, 1.82) is 0 Å². The Morgan fingerprint density at radius 1 is 1.00 bits per heavy atom. The second kappa shape index (κ2) is 6.07. The van der Waals surface area contributed by atoms with E-state index in [2.05, 4.69) is 56.3 Å². The first-order valence-electron chi connectivity index (χ1n) is 6.23. The Hall–Kier alpha value is -1.25. The van der Waals surface area contributed by atoms with Crippen molar-refractivity contribution in [1.82, 2.24) is 0 Å². The lowest BCUT2D eigenvalue weighted by Gasteiger charge is -2.10. The minimum atomic E-state index is 0.699. The van der Waals surface area contributed by atoms with E-state index >= 15 is 0 Å². The Bertz CT molecular complexity index is 534. The molecule has 0 bridgehead atoms. The summed E-state index contributed by atoms with van der Waals surface area (Å²) in [5.41, 5.74) is 9.64. The third-order valence-electron chi connectivity index (χ3n) is 2.85. The van der Waals surface area contributed by atoms with E-state index < -0.39 is 0 Å². The first-order valence-corrected chi connectivity index (χ1v) is 7.05. The lowest BCUT2D eigenvalue weighted by molar-refractivity contribution is 0.941. The lowest BCUT2D eigenvalue weighted by atomic mass is 10.1. The predicted octanol–water partition coefficient (Wildman–Crippen LogP) is 3.96. The van der Waals surface area contributed by atoms with Crippen molar-refractivity contribution in [2.24, 2.45) is 5.73 Å². The van der Waals surface area contributed by atoms with E-state index in [0.717, 1.165) is 6.42 Å². The van der Waals surface area contributed by atoms with Crippen LogP contribution < -0.4 is 5.73 Å². The summed E-state index contributed by atoms with van der Waals surface area (Å²) in [5.74, 6) is 0. The van der Waals surface area contributed by atoms with Crippen LogP contribution in [-0.2, 0) is 6.42 Å². The molecule has 0 saturated heterocycles. The highest BCUT2D eigenvalue weighted by Gasteiger charge is 2.04. The molecule has 0 aliphatic heterocycles. The second-order valence-corrected chi connectivity index (χ2v) is 5.68. The fourth-order valence-electron chi connectivity index (χ4n) is 1.96. The standard InChI is InChI=1S/C16H19NS/c1-12-4-3-5-15(11-12)18-16-7-6-13(2)10-14(16)8-9-17/h3-7,10-11H,8-9,17H2,1-2H3. The molecule has 0 unspecified atom stereocenters. The van der Waals surface area contributed by atoms with Crippen LogP contribution in [0.25, 0.3) is 0 Å². The number of nitrogens with two attached hydrogens (primary N) is 1. The molecule has 0 atom stereocenters. The van der Waals surface area contributed by atoms with Gasteiger partial charge in [-0.3, -0.25) is 0 Å². The van der Waals surface area contributed by atoms with Gasteiger partial charge in [-0.15, -0.1) is 0 Å². The maximum atomic E-state index is 5.69. The zero-order chi connectivity index (χ0) is 13.0. The fraction of sp³-hybridized carbons (Fsp3) is 0.250. The van der Waals surface area contributed by atoms with Crippen LogP contribution in [0.5, 0.6) is 0 Å². The SMILES string of the molecule is Cc1cccc(Sc2ccc(C)cc2CCN)c1. The predicted molar refractivity (Wildman–Crippen MR) is 79.2 cm³/mol. The molecule has 2 N–H and O–H groups in total. The van der Waals surface area contributed by atoms with Crippen LogP contribution in [0.1, 0.15) is 16.7 Å². The van der Waals surface area contributed by atoms with Crippen molar-refractivity contribution in [3.63, 3.8) is 0 Å². The van der Waals surface area contributed by atoms with E-state index in [9.17, 15) is 0 Å². The first kappa shape index (κ1) is 13.2. The Morgan fingerprint density at radius 2 is 1.78 bits per heavy atom. The molecule has 2 heteroatoms. The lowest BCUT2D eigenvalue weighted by Crippen LogP contribution is -2.04. The summed E-state index contributed by atoms with van der Waals surface area (Å²) in [5, 5.41) is 0. The maximum absolute atomic E-state index is 5.69. The van der Waals surface area contributed by atoms with Crippen LogP contribution in [0.15, 0.2) is 52.3 Å². The van der Waals surface area contributed by atoms with Gasteiger partial charge >= 0.3 is 0 Å². The van der Waals surface area contributed by atoms with Crippen molar-refractivity contribution in [2.75, 3.05) is 6.54 Å². The Labute approximate surface area is 113 Å². The van der Waals surface area contributed by atoms with Crippen LogP contribution in [-0.4, -0.2) is 6.54 Å². The number of hydrogen-bond donors (Lipinski definition) is 1. The molecule has 0 aromatic heterocycles. The quantitative estimate of drug-likeness (QED) is 0.897. The maximum Gasteiger partial charge on any atom is 0.0155 e. The minimum absolute atomic E-state index is 0.699. The molecule has 0 heterocycles.